The van der Waals surface area contributed by atoms with Crippen LogP contribution in [0, 0.1) is 0 Å². The van der Waals surface area contributed by atoms with E-state index < -0.39 is 17.1 Å². The first kappa shape index (κ1) is 24.6. The molecule has 1 aliphatic rings. The minimum atomic E-state index is -0.632. The zero-order chi connectivity index (χ0) is 24.7. The summed E-state index contributed by atoms with van der Waals surface area (Å²) in [6.07, 6.45) is 1.68. The minimum Gasteiger partial charge on any atom is -0.507 e. The molecule has 8 heteroatoms. The molecule has 0 spiro atoms. The number of nitrogens with zero attached hydrogens (tertiary/aromatic N) is 1. The van der Waals surface area contributed by atoms with Crippen molar-refractivity contribution in [2.45, 2.75) is 58.9 Å². The molecule has 1 saturated heterocycles. The zero-order valence-electron chi connectivity index (χ0n) is 19.9. The van der Waals surface area contributed by atoms with E-state index in [0.29, 0.717) is 5.76 Å². The molecule has 1 aromatic carbocycles. The maximum absolute atomic E-state index is 13.0. The first-order valence-corrected chi connectivity index (χ1v) is 11.3. The lowest BCUT2D eigenvalue weighted by Crippen LogP contribution is -2.27. The predicted octanol–water partition coefficient (Wildman–Crippen LogP) is 5.60. The molecule has 0 saturated carbocycles. The SMILES string of the molecule is COC(=O)c1ccc(CN2C(=O)SC(=Cc3cc(C(C)(C)C)c(O)c(C(C)(C)C)c3)C2=O)o1. The van der Waals surface area contributed by atoms with Crippen molar-refractivity contribution in [1.29, 1.82) is 0 Å². The summed E-state index contributed by atoms with van der Waals surface area (Å²) in [5.41, 5.74) is 1.64. The molecule has 2 aromatic rings. The minimum absolute atomic E-state index is 0.00326. The molecule has 1 fully saturated rings. The van der Waals surface area contributed by atoms with Gasteiger partial charge in [0.1, 0.15) is 11.5 Å². The van der Waals surface area contributed by atoms with Crippen molar-refractivity contribution in [2.24, 2.45) is 0 Å². The van der Waals surface area contributed by atoms with Gasteiger partial charge in [-0.1, -0.05) is 41.5 Å². The number of aromatic hydroxyl groups is 1. The average Bonchev–Trinajstić information content (AvgIpc) is 3.27. The molecule has 3 rings (SSSR count). The van der Waals surface area contributed by atoms with Gasteiger partial charge in [0.05, 0.1) is 18.6 Å². The fraction of sp³-hybridized carbons (Fsp3) is 0.400. The largest absolute Gasteiger partial charge is 0.507 e. The third-order valence-electron chi connectivity index (χ3n) is 5.28. The molecule has 0 radical (unpaired) electrons. The number of thioether (sulfide) groups is 1. The Morgan fingerprint density at radius 1 is 1.09 bits per heavy atom. The van der Waals surface area contributed by atoms with Crippen molar-refractivity contribution < 1.29 is 28.6 Å². The Hall–Kier alpha value is -3.00. The Balaban J connectivity index is 1.94. The van der Waals surface area contributed by atoms with Crippen LogP contribution in [0.5, 0.6) is 5.75 Å². The van der Waals surface area contributed by atoms with Crippen LogP contribution in [0.15, 0.2) is 33.6 Å². The number of carbonyl (C=O) groups excluding carboxylic acids is 3. The van der Waals surface area contributed by atoms with Gasteiger partial charge in [0.2, 0.25) is 5.76 Å². The normalized spacial score (nSPS) is 16.1. The van der Waals surface area contributed by atoms with E-state index in [1.54, 1.807) is 6.08 Å². The van der Waals surface area contributed by atoms with Crippen molar-refractivity contribution in [2.75, 3.05) is 7.11 Å². The molecule has 2 heterocycles. The first-order valence-electron chi connectivity index (χ1n) is 10.5. The highest BCUT2D eigenvalue weighted by molar-refractivity contribution is 8.18. The lowest BCUT2D eigenvalue weighted by atomic mass is 9.78. The van der Waals surface area contributed by atoms with Crippen molar-refractivity contribution in [3.63, 3.8) is 0 Å². The Kier molecular flexibility index (Phi) is 6.53. The number of ether oxygens (including phenoxy) is 1. The summed E-state index contributed by atoms with van der Waals surface area (Å²) in [7, 11) is 1.24. The molecular formula is C25H29NO6S. The lowest BCUT2D eigenvalue weighted by Gasteiger charge is -2.28. The van der Waals surface area contributed by atoms with E-state index in [0.717, 1.165) is 33.4 Å². The molecule has 33 heavy (non-hydrogen) atoms. The molecule has 0 aliphatic carbocycles. The van der Waals surface area contributed by atoms with Crippen molar-refractivity contribution in [3.05, 3.63) is 57.4 Å². The summed E-state index contributed by atoms with van der Waals surface area (Å²) >= 11 is 0.847. The Labute approximate surface area is 197 Å². The number of benzene rings is 1. The van der Waals surface area contributed by atoms with Gasteiger partial charge in [-0.2, -0.15) is 0 Å². The summed E-state index contributed by atoms with van der Waals surface area (Å²) < 4.78 is 10.0. The second-order valence-electron chi connectivity index (χ2n) is 9.99. The summed E-state index contributed by atoms with van der Waals surface area (Å²) in [5.74, 6) is -0.521. The lowest BCUT2D eigenvalue weighted by molar-refractivity contribution is -0.123. The standard InChI is InChI=1S/C25H29NO6S/c1-24(2,3)16-10-14(11-17(20(16)27)25(4,5)6)12-19-21(28)26(23(30)33-19)13-15-8-9-18(32-15)22(29)31-7/h8-12,27H,13H2,1-7H3. The van der Waals surface area contributed by atoms with Gasteiger partial charge in [-0.05, 0) is 58.5 Å². The maximum Gasteiger partial charge on any atom is 0.373 e. The third-order valence-corrected chi connectivity index (χ3v) is 6.19. The first-order chi connectivity index (χ1) is 15.2. The van der Waals surface area contributed by atoms with Gasteiger partial charge < -0.3 is 14.3 Å². The number of rotatable bonds is 4. The van der Waals surface area contributed by atoms with E-state index in [1.807, 2.05) is 53.7 Å². The Bertz CT molecular complexity index is 1110. The predicted molar refractivity (Wildman–Crippen MR) is 127 cm³/mol. The molecule has 1 N–H and O–H groups in total. The van der Waals surface area contributed by atoms with Crippen LogP contribution in [0.3, 0.4) is 0 Å². The smallest absolute Gasteiger partial charge is 0.373 e. The monoisotopic (exact) mass is 471 g/mol. The number of esters is 1. The molecule has 1 aromatic heterocycles. The van der Waals surface area contributed by atoms with E-state index in [2.05, 4.69) is 4.74 Å². The van der Waals surface area contributed by atoms with Crippen molar-refractivity contribution >= 4 is 35.0 Å². The van der Waals surface area contributed by atoms with E-state index in [4.69, 9.17) is 4.42 Å². The number of furan rings is 1. The number of hydrogen-bond donors (Lipinski definition) is 1. The van der Waals surface area contributed by atoms with E-state index >= 15 is 0 Å². The molecule has 1 aliphatic heterocycles. The summed E-state index contributed by atoms with van der Waals surface area (Å²) in [6.45, 7) is 12.0. The van der Waals surface area contributed by atoms with Crippen molar-refractivity contribution in [3.8, 4) is 5.75 Å². The van der Waals surface area contributed by atoms with Crippen LogP contribution in [-0.2, 0) is 26.9 Å². The molecule has 2 amide bonds. The van der Waals surface area contributed by atoms with E-state index in [-0.39, 0.29) is 33.8 Å². The van der Waals surface area contributed by atoms with Crippen LogP contribution in [0.4, 0.5) is 4.79 Å². The fourth-order valence-corrected chi connectivity index (χ4v) is 4.34. The molecule has 0 unspecified atom stereocenters. The van der Waals surface area contributed by atoms with Crippen LogP contribution in [0.1, 0.15) is 74.5 Å². The van der Waals surface area contributed by atoms with Crippen molar-refractivity contribution in [1.82, 2.24) is 4.90 Å². The molecule has 176 valence electrons. The molecular weight excluding hydrogens is 442 g/mol. The number of amides is 2. The zero-order valence-corrected chi connectivity index (χ0v) is 20.8. The number of hydrogen-bond acceptors (Lipinski definition) is 7. The average molecular weight is 472 g/mol. The van der Waals surface area contributed by atoms with Gasteiger partial charge in [-0.25, -0.2) is 4.79 Å². The summed E-state index contributed by atoms with van der Waals surface area (Å²) in [6, 6.07) is 6.68. The van der Waals surface area contributed by atoms with Gasteiger partial charge >= 0.3 is 5.97 Å². The van der Waals surface area contributed by atoms with E-state index in [9.17, 15) is 19.5 Å². The number of methoxy groups -OCH3 is 1. The highest BCUT2D eigenvalue weighted by Gasteiger charge is 2.36. The van der Waals surface area contributed by atoms with Gasteiger partial charge in [0, 0.05) is 11.1 Å². The molecule has 0 atom stereocenters. The molecule has 0 bridgehead atoms. The highest BCUT2D eigenvalue weighted by Crippen LogP contribution is 2.41. The van der Waals surface area contributed by atoms with Gasteiger partial charge in [-0.3, -0.25) is 14.5 Å². The topological polar surface area (TPSA) is 97.0 Å². The van der Waals surface area contributed by atoms with Crippen LogP contribution in [0.2, 0.25) is 0 Å². The number of phenols is 1. The number of carbonyl (C=O) groups is 3. The van der Waals surface area contributed by atoms with Gasteiger partial charge in [0.15, 0.2) is 0 Å². The van der Waals surface area contributed by atoms with Crippen LogP contribution in [0.25, 0.3) is 6.08 Å². The number of imide groups is 1. The summed E-state index contributed by atoms with van der Waals surface area (Å²) in [4.78, 5) is 38.5. The Morgan fingerprint density at radius 3 is 2.18 bits per heavy atom. The van der Waals surface area contributed by atoms with Crippen LogP contribution in [-0.4, -0.2) is 34.2 Å². The van der Waals surface area contributed by atoms with Gasteiger partial charge in [0.25, 0.3) is 11.1 Å². The second-order valence-corrected chi connectivity index (χ2v) is 11.0. The summed E-state index contributed by atoms with van der Waals surface area (Å²) in [5, 5.41) is 10.5. The molecule has 7 nitrogen and oxygen atoms in total. The Morgan fingerprint density at radius 2 is 1.67 bits per heavy atom. The third kappa shape index (κ3) is 5.16. The van der Waals surface area contributed by atoms with Crippen LogP contribution >= 0.6 is 11.8 Å². The maximum atomic E-state index is 13.0. The van der Waals surface area contributed by atoms with E-state index in [1.165, 1.54) is 19.2 Å². The van der Waals surface area contributed by atoms with Gasteiger partial charge in [-0.15, -0.1) is 0 Å². The quantitative estimate of drug-likeness (QED) is 0.458. The highest BCUT2D eigenvalue weighted by atomic mass is 32.2. The number of phenolic OH excluding ortho intramolecular Hbond substituents is 1. The second kappa shape index (κ2) is 8.74. The fourth-order valence-electron chi connectivity index (χ4n) is 3.50. The van der Waals surface area contributed by atoms with Crippen LogP contribution < -0.4 is 0 Å².